The summed E-state index contributed by atoms with van der Waals surface area (Å²) >= 11 is 0. The van der Waals surface area contributed by atoms with Gasteiger partial charge < -0.3 is 15.0 Å². The van der Waals surface area contributed by atoms with Crippen molar-refractivity contribution in [2.24, 2.45) is 7.05 Å². The lowest BCUT2D eigenvalue weighted by Crippen LogP contribution is -2.42. The predicted octanol–water partition coefficient (Wildman–Crippen LogP) is -0.0488. The highest BCUT2D eigenvalue weighted by Crippen LogP contribution is 2.07. The Kier molecular flexibility index (Phi) is 4.93. The van der Waals surface area contributed by atoms with E-state index in [2.05, 4.69) is 5.32 Å². The molecule has 0 aliphatic heterocycles. The number of nitrogens with one attached hydrogen (secondary N) is 1. The van der Waals surface area contributed by atoms with Crippen LogP contribution in [0.25, 0.3) is 0 Å². The van der Waals surface area contributed by atoms with Gasteiger partial charge in [-0.25, -0.2) is 13.2 Å². The molecule has 0 spiro atoms. The van der Waals surface area contributed by atoms with E-state index in [1.165, 1.54) is 0 Å². The summed E-state index contributed by atoms with van der Waals surface area (Å²) in [7, 11) is -1.59. The number of sulfone groups is 1. The number of amides is 1. The van der Waals surface area contributed by atoms with E-state index < -0.39 is 27.8 Å². The molecule has 1 heterocycles. The van der Waals surface area contributed by atoms with Crippen molar-refractivity contribution in [1.82, 2.24) is 9.88 Å². The SMILES string of the molecule is Cc1ccc(C(=O)NC(CCS(C)(=O)=O)C(=O)O)n1C. The van der Waals surface area contributed by atoms with E-state index in [4.69, 9.17) is 5.11 Å². The number of rotatable bonds is 6. The molecule has 1 aromatic rings. The zero-order chi connectivity index (χ0) is 15.5. The standard InChI is InChI=1S/C12H18N2O5S/c1-8-4-5-10(14(8)2)11(15)13-9(12(16)17)6-7-20(3,18)19/h4-5,9H,6-7H2,1-3H3,(H,13,15)(H,16,17). The Morgan fingerprint density at radius 3 is 2.40 bits per heavy atom. The average molecular weight is 302 g/mol. The number of carbonyl (C=O) groups excluding carboxylic acids is 1. The molecule has 0 saturated heterocycles. The molecule has 20 heavy (non-hydrogen) atoms. The van der Waals surface area contributed by atoms with Gasteiger partial charge in [-0.3, -0.25) is 4.79 Å². The predicted molar refractivity (Wildman–Crippen MR) is 73.4 cm³/mol. The Balaban J connectivity index is 2.78. The van der Waals surface area contributed by atoms with Crippen LogP contribution >= 0.6 is 0 Å². The highest BCUT2D eigenvalue weighted by atomic mass is 32.2. The van der Waals surface area contributed by atoms with Gasteiger partial charge in [0.2, 0.25) is 0 Å². The van der Waals surface area contributed by atoms with Gasteiger partial charge in [0.25, 0.3) is 5.91 Å². The van der Waals surface area contributed by atoms with E-state index in [1.807, 2.05) is 6.92 Å². The summed E-state index contributed by atoms with van der Waals surface area (Å²) < 4.78 is 23.8. The van der Waals surface area contributed by atoms with E-state index in [0.717, 1.165) is 11.9 Å². The molecule has 1 unspecified atom stereocenters. The molecule has 7 nitrogen and oxygen atoms in total. The molecule has 1 rings (SSSR count). The molecule has 1 atom stereocenters. The fourth-order valence-electron chi connectivity index (χ4n) is 1.66. The summed E-state index contributed by atoms with van der Waals surface area (Å²) in [6.45, 7) is 1.81. The maximum absolute atomic E-state index is 12.0. The van der Waals surface area contributed by atoms with Crippen LogP contribution in [-0.2, 0) is 21.7 Å². The van der Waals surface area contributed by atoms with E-state index in [1.54, 1.807) is 23.7 Å². The Morgan fingerprint density at radius 2 is 2.00 bits per heavy atom. The summed E-state index contributed by atoms with van der Waals surface area (Å²) in [5.74, 6) is -2.09. The molecule has 112 valence electrons. The Hall–Kier alpha value is -1.83. The molecule has 0 bridgehead atoms. The van der Waals surface area contributed by atoms with Crippen LogP contribution in [0.4, 0.5) is 0 Å². The Morgan fingerprint density at radius 1 is 1.40 bits per heavy atom. The van der Waals surface area contributed by atoms with E-state index >= 15 is 0 Å². The first kappa shape index (κ1) is 16.2. The highest BCUT2D eigenvalue weighted by Gasteiger charge is 2.23. The molecule has 1 aromatic heterocycles. The topological polar surface area (TPSA) is 105 Å². The van der Waals surface area contributed by atoms with Gasteiger partial charge in [-0.15, -0.1) is 0 Å². The van der Waals surface area contributed by atoms with Gasteiger partial charge in [0.1, 0.15) is 21.6 Å². The lowest BCUT2D eigenvalue weighted by molar-refractivity contribution is -0.139. The first-order valence-electron chi connectivity index (χ1n) is 5.95. The Bertz CT molecular complexity index is 618. The highest BCUT2D eigenvalue weighted by molar-refractivity contribution is 7.90. The largest absolute Gasteiger partial charge is 0.480 e. The van der Waals surface area contributed by atoms with Crippen molar-refractivity contribution in [3.8, 4) is 0 Å². The first-order valence-corrected chi connectivity index (χ1v) is 8.01. The third-order valence-electron chi connectivity index (χ3n) is 2.99. The van der Waals surface area contributed by atoms with Gasteiger partial charge in [-0.1, -0.05) is 0 Å². The number of hydrogen-bond donors (Lipinski definition) is 2. The summed E-state index contributed by atoms with van der Waals surface area (Å²) in [6, 6.07) is 2.09. The van der Waals surface area contributed by atoms with Crippen LogP contribution in [0.15, 0.2) is 12.1 Å². The van der Waals surface area contributed by atoms with Crippen molar-refractivity contribution in [3.63, 3.8) is 0 Å². The Labute approximate surface area is 117 Å². The van der Waals surface area contributed by atoms with Crippen molar-refractivity contribution in [2.45, 2.75) is 19.4 Å². The van der Waals surface area contributed by atoms with Crippen LogP contribution in [-0.4, -0.2) is 48.0 Å². The molecule has 2 N–H and O–H groups in total. The number of carboxylic acids is 1. The minimum atomic E-state index is -3.28. The molecule has 0 fully saturated rings. The van der Waals surface area contributed by atoms with Crippen LogP contribution in [0.3, 0.4) is 0 Å². The third kappa shape index (κ3) is 4.37. The zero-order valence-electron chi connectivity index (χ0n) is 11.6. The number of carboxylic acid groups (broad SMARTS) is 1. The number of hydrogen-bond acceptors (Lipinski definition) is 4. The lowest BCUT2D eigenvalue weighted by atomic mass is 10.2. The van der Waals surface area contributed by atoms with Gasteiger partial charge in [-0.2, -0.15) is 0 Å². The van der Waals surface area contributed by atoms with E-state index in [0.29, 0.717) is 5.69 Å². The summed E-state index contributed by atoms with van der Waals surface area (Å²) in [6.07, 6.45) is 0.859. The summed E-state index contributed by atoms with van der Waals surface area (Å²) in [4.78, 5) is 23.0. The number of aryl methyl sites for hydroxylation is 1. The van der Waals surface area contributed by atoms with Gasteiger partial charge in [0, 0.05) is 19.0 Å². The second-order valence-corrected chi connectivity index (χ2v) is 6.96. The third-order valence-corrected chi connectivity index (χ3v) is 3.96. The molecule has 0 aromatic carbocycles. The van der Waals surface area contributed by atoms with Gasteiger partial charge in [0.15, 0.2) is 0 Å². The van der Waals surface area contributed by atoms with Crippen molar-refractivity contribution in [1.29, 1.82) is 0 Å². The van der Waals surface area contributed by atoms with Gasteiger partial charge >= 0.3 is 5.97 Å². The molecule has 0 aliphatic rings. The summed E-state index contributed by atoms with van der Waals surface area (Å²) in [5, 5.41) is 11.4. The average Bonchev–Trinajstić information content (AvgIpc) is 2.63. The molecule has 0 saturated carbocycles. The number of carbonyl (C=O) groups is 2. The van der Waals surface area contributed by atoms with Crippen molar-refractivity contribution >= 4 is 21.7 Å². The van der Waals surface area contributed by atoms with Gasteiger partial charge in [-0.05, 0) is 25.5 Å². The van der Waals surface area contributed by atoms with Crippen LogP contribution in [0, 0.1) is 6.92 Å². The normalized spacial score (nSPS) is 12.9. The van der Waals surface area contributed by atoms with Crippen LogP contribution in [0.2, 0.25) is 0 Å². The molecular formula is C12H18N2O5S. The second-order valence-electron chi connectivity index (χ2n) is 4.70. The number of aromatic nitrogens is 1. The minimum Gasteiger partial charge on any atom is -0.480 e. The van der Waals surface area contributed by atoms with Crippen molar-refractivity contribution < 1.29 is 23.1 Å². The fraction of sp³-hybridized carbons (Fsp3) is 0.500. The number of aliphatic carboxylic acids is 1. The van der Waals surface area contributed by atoms with Crippen LogP contribution < -0.4 is 5.32 Å². The molecule has 8 heteroatoms. The first-order chi connectivity index (χ1) is 9.11. The van der Waals surface area contributed by atoms with Gasteiger partial charge in [0.05, 0.1) is 5.75 Å². The molecule has 0 radical (unpaired) electrons. The minimum absolute atomic E-state index is 0.163. The number of nitrogens with zero attached hydrogens (tertiary/aromatic N) is 1. The van der Waals surface area contributed by atoms with Crippen LogP contribution in [0.1, 0.15) is 22.6 Å². The molecule has 1 amide bonds. The maximum atomic E-state index is 12.0. The van der Waals surface area contributed by atoms with Crippen LogP contribution in [0.5, 0.6) is 0 Å². The van der Waals surface area contributed by atoms with Crippen molar-refractivity contribution in [2.75, 3.05) is 12.0 Å². The zero-order valence-corrected chi connectivity index (χ0v) is 12.4. The van der Waals surface area contributed by atoms with Crippen molar-refractivity contribution in [3.05, 3.63) is 23.5 Å². The second kappa shape index (κ2) is 6.08. The van der Waals surface area contributed by atoms with E-state index in [9.17, 15) is 18.0 Å². The lowest BCUT2D eigenvalue weighted by Gasteiger charge is -2.14. The summed E-state index contributed by atoms with van der Waals surface area (Å²) in [5.41, 5.74) is 1.19. The quantitative estimate of drug-likeness (QED) is 0.766. The molecule has 0 aliphatic carbocycles. The smallest absolute Gasteiger partial charge is 0.326 e. The maximum Gasteiger partial charge on any atom is 0.326 e. The monoisotopic (exact) mass is 302 g/mol. The van der Waals surface area contributed by atoms with E-state index in [-0.39, 0.29) is 12.2 Å². The molecular weight excluding hydrogens is 284 g/mol. The fourth-order valence-corrected chi connectivity index (χ4v) is 2.33.